The molecule has 2 amide bonds. The first-order valence-corrected chi connectivity index (χ1v) is 10.7. The minimum atomic E-state index is -0.0883. The Morgan fingerprint density at radius 3 is 2.34 bits per heavy atom. The van der Waals surface area contributed by atoms with Crippen molar-refractivity contribution in [3.8, 4) is 17.2 Å². The van der Waals surface area contributed by atoms with E-state index in [0.29, 0.717) is 41.6 Å². The molecular weight excluding hydrogens is 408 g/mol. The summed E-state index contributed by atoms with van der Waals surface area (Å²) in [5.74, 6) is 1.59. The van der Waals surface area contributed by atoms with Crippen molar-refractivity contribution >= 4 is 11.8 Å². The summed E-state index contributed by atoms with van der Waals surface area (Å²) in [6.45, 7) is 2.10. The molecule has 0 unspecified atom stereocenters. The van der Waals surface area contributed by atoms with Gasteiger partial charge in [0.25, 0.3) is 17.7 Å². The molecule has 3 aromatic rings. The molecule has 4 rings (SSSR count). The average molecular weight is 434 g/mol. The van der Waals surface area contributed by atoms with E-state index < -0.39 is 0 Å². The number of aromatic nitrogens is 2. The summed E-state index contributed by atoms with van der Waals surface area (Å²) >= 11 is 0. The van der Waals surface area contributed by atoms with Crippen molar-refractivity contribution in [1.29, 1.82) is 0 Å². The number of rotatable bonds is 7. The molecule has 1 aliphatic heterocycles. The smallest absolute Gasteiger partial charge is 0.257 e. The van der Waals surface area contributed by atoms with Gasteiger partial charge in [-0.15, -0.1) is 0 Å². The van der Waals surface area contributed by atoms with Gasteiger partial charge < -0.3 is 19.1 Å². The maximum Gasteiger partial charge on any atom is 0.257 e. The van der Waals surface area contributed by atoms with Crippen molar-refractivity contribution in [1.82, 2.24) is 19.9 Å². The summed E-state index contributed by atoms with van der Waals surface area (Å²) in [4.78, 5) is 33.0. The van der Waals surface area contributed by atoms with E-state index in [-0.39, 0.29) is 11.8 Å². The number of hydrogen-bond donors (Lipinski definition) is 0. The lowest BCUT2D eigenvalue weighted by molar-refractivity contribution is 0.0786. The van der Waals surface area contributed by atoms with Crippen LogP contribution in [0.15, 0.2) is 53.1 Å². The molecule has 1 aromatic heterocycles. The lowest BCUT2D eigenvalue weighted by atomic mass is 10.1. The van der Waals surface area contributed by atoms with Gasteiger partial charge in [0, 0.05) is 49.8 Å². The maximum atomic E-state index is 12.6. The summed E-state index contributed by atoms with van der Waals surface area (Å²) in [5.41, 5.74) is 2.00. The number of carbonyl (C=O) groups excluding carboxylic acids is 2. The van der Waals surface area contributed by atoms with E-state index in [1.54, 1.807) is 55.5 Å². The highest BCUT2D eigenvalue weighted by atomic mass is 16.5. The van der Waals surface area contributed by atoms with Crippen LogP contribution in [0.2, 0.25) is 0 Å². The lowest BCUT2D eigenvalue weighted by Gasteiger charge is -2.16. The van der Waals surface area contributed by atoms with Crippen molar-refractivity contribution in [2.45, 2.75) is 19.3 Å². The second-order valence-corrected chi connectivity index (χ2v) is 7.80. The second kappa shape index (κ2) is 9.64. The highest BCUT2D eigenvalue weighted by molar-refractivity contribution is 5.95. The monoisotopic (exact) mass is 434 g/mol. The number of carbonyl (C=O) groups is 2. The first-order chi connectivity index (χ1) is 15.5. The molecule has 8 heteroatoms. The van der Waals surface area contributed by atoms with Crippen LogP contribution in [0.4, 0.5) is 0 Å². The SMILES string of the molecule is COc1ccc(C(=O)N(C)CCc2noc(-c3ccc(C(=O)N4CCCC4)cc3)n2)cc1. The third kappa shape index (κ3) is 4.80. The van der Waals surface area contributed by atoms with Gasteiger partial charge in [0.2, 0.25) is 0 Å². The Morgan fingerprint density at radius 1 is 1.03 bits per heavy atom. The Balaban J connectivity index is 1.34. The van der Waals surface area contributed by atoms with E-state index in [2.05, 4.69) is 10.1 Å². The predicted molar refractivity (Wildman–Crippen MR) is 119 cm³/mol. The molecule has 0 bridgehead atoms. The van der Waals surface area contributed by atoms with E-state index in [1.807, 2.05) is 17.0 Å². The Hall–Kier alpha value is -3.68. The fourth-order valence-electron chi connectivity index (χ4n) is 3.65. The van der Waals surface area contributed by atoms with Crippen molar-refractivity contribution in [3.63, 3.8) is 0 Å². The average Bonchev–Trinajstić information content (AvgIpc) is 3.54. The van der Waals surface area contributed by atoms with Gasteiger partial charge in [-0.25, -0.2) is 0 Å². The van der Waals surface area contributed by atoms with Gasteiger partial charge in [-0.3, -0.25) is 9.59 Å². The third-order valence-electron chi connectivity index (χ3n) is 5.59. The number of hydrogen-bond acceptors (Lipinski definition) is 6. The molecule has 0 N–H and O–H groups in total. The van der Waals surface area contributed by atoms with Gasteiger partial charge in [-0.2, -0.15) is 4.98 Å². The number of nitrogens with zero attached hydrogens (tertiary/aromatic N) is 4. The second-order valence-electron chi connectivity index (χ2n) is 7.80. The summed E-state index contributed by atoms with van der Waals surface area (Å²) in [6.07, 6.45) is 2.60. The van der Waals surface area contributed by atoms with Crippen LogP contribution in [-0.4, -0.2) is 65.5 Å². The zero-order valence-corrected chi connectivity index (χ0v) is 18.3. The van der Waals surface area contributed by atoms with Crippen molar-refractivity contribution in [3.05, 3.63) is 65.5 Å². The van der Waals surface area contributed by atoms with Crippen LogP contribution in [0.3, 0.4) is 0 Å². The van der Waals surface area contributed by atoms with Crippen LogP contribution in [0, 0.1) is 0 Å². The number of methoxy groups -OCH3 is 1. The molecule has 1 aliphatic rings. The predicted octanol–water partition coefficient (Wildman–Crippen LogP) is 3.30. The number of likely N-dealkylation sites (tertiary alicyclic amines) is 1. The van der Waals surface area contributed by atoms with Crippen LogP contribution in [0.25, 0.3) is 11.5 Å². The first-order valence-electron chi connectivity index (χ1n) is 10.7. The quantitative estimate of drug-likeness (QED) is 0.567. The van der Waals surface area contributed by atoms with Gasteiger partial charge in [0.1, 0.15) is 5.75 Å². The standard InChI is InChI=1S/C24H26N4O4/c1-27(23(29)18-9-11-20(31-2)12-10-18)16-13-21-25-22(32-26-21)17-5-7-19(8-6-17)24(30)28-14-3-4-15-28/h5-12H,3-4,13-16H2,1-2H3. The molecule has 0 saturated carbocycles. The molecule has 0 aliphatic carbocycles. The Morgan fingerprint density at radius 2 is 1.69 bits per heavy atom. The summed E-state index contributed by atoms with van der Waals surface area (Å²) < 4.78 is 10.5. The molecule has 0 atom stereocenters. The van der Waals surface area contributed by atoms with E-state index in [4.69, 9.17) is 9.26 Å². The van der Waals surface area contributed by atoms with Crippen molar-refractivity contribution in [2.24, 2.45) is 0 Å². The summed E-state index contributed by atoms with van der Waals surface area (Å²) in [6, 6.07) is 14.2. The number of likely N-dealkylation sites (N-methyl/N-ethyl adjacent to an activating group) is 1. The highest BCUT2D eigenvalue weighted by Gasteiger charge is 2.20. The van der Waals surface area contributed by atoms with Gasteiger partial charge >= 0.3 is 0 Å². The molecule has 2 heterocycles. The minimum absolute atomic E-state index is 0.0600. The molecule has 1 fully saturated rings. The zero-order valence-electron chi connectivity index (χ0n) is 18.3. The van der Waals surface area contributed by atoms with E-state index in [9.17, 15) is 9.59 Å². The number of benzene rings is 2. The van der Waals surface area contributed by atoms with Gasteiger partial charge in [-0.1, -0.05) is 5.16 Å². The molecule has 0 spiro atoms. The molecule has 1 saturated heterocycles. The van der Waals surface area contributed by atoms with Crippen LogP contribution in [0.5, 0.6) is 5.75 Å². The molecule has 8 nitrogen and oxygen atoms in total. The number of ether oxygens (including phenoxy) is 1. The van der Waals surface area contributed by atoms with Crippen LogP contribution < -0.4 is 4.74 Å². The van der Waals surface area contributed by atoms with Gasteiger partial charge in [-0.05, 0) is 61.4 Å². The highest BCUT2D eigenvalue weighted by Crippen LogP contribution is 2.20. The molecular formula is C24H26N4O4. The Labute approximate surface area is 186 Å². The lowest BCUT2D eigenvalue weighted by Crippen LogP contribution is -2.29. The fourth-order valence-corrected chi connectivity index (χ4v) is 3.65. The van der Waals surface area contributed by atoms with E-state index >= 15 is 0 Å². The molecule has 0 radical (unpaired) electrons. The zero-order chi connectivity index (χ0) is 22.5. The Kier molecular flexibility index (Phi) is 6.49. The van der Waals surface area contributed by atoms with E-state index in [0.717, 1.165) is 31.5 Å². The molecule has 32 heavy (non-hydrogen) atoms. The van der Waals surface area contributed by atoms with Crippen LogP contribution in [0.1, 0.15) is 39.4 Å². The summed E-state index contributed by atoms with van der Waals surface area (Å²) in [7, 11) is 3.33. The fraction of sp³-hybridized carbons (Fsp3) is 0.333. The molecule has 166 valence electrons. The van der Waals surface area contributed by atoms with Crippen LogP contribution in [-0.2, 0) is 6.42 Å². The number of amides is 2. The van der Waals surface area contributed by atoms with E-state index in [1.165, 1.54) is 0 Å². The topological polar surface area (TPSA) is 88.8 Å². The first kappa shape index (κ1) is 21.5. The normalized spacial score (nSPS) is 13.2. The Bertz CT molecular complexity index is 1070. The largest absolute Gasteiger partial charge is 0.497 e. The minimum Gasteiger partial charge on any atom is -0.497 e. The van der Waals surface area contributed by atoms with Crippen LogP contribution >= 0.6 is 0 Å². The summed E-state index contributed by atoms with van der Waals surface area (Å²) in [5, 5.41) is 4.02. The third-order valence-corrected chi connectivity index (χ3v) is 5.59. The van der Waals surface area contributed by atoms with Crippen molar-refractivity contribution in [2.75, 3.05) is 33.8 Å². The maximum absolute atomic E-state index is 12.6. The van der Waals surface area contributed by atoms with Gasteiger partial charge in [0.05, 0.1) is 7.11 Å². The van der Waals surface area contributed by atoms with Crippen molar-refractivity contribution < 1.29 is 18.8 Å². The molecule has 2 aromatic carbocycles. The van der Waals surface area contributed by atoms with Gasteiger partial charge in [0.15, 0.2) is 5.82 Å².